The number of aliphatic hydroxyl groups excluding tert-OH is 1. The third-order valence-corrected chi connectivity index (χ3v) is 6.91. The van der Waals surface area contributed by atoms with Crippen molar-refractivity contribution < 1.29 is 9.90 Å². The Kier molecular flexibility index (Phi) is 6.75. The summed E-state index contributed by atoms with van der Waals surface area (Å²) < 4.78 is 1.97. The lowest BCUT2D eigenvalue weighted by molar-refractivity contribution is -0.121. The lowest BCUT2D eigenvalue weighted by atomic mass is 10.2. The molecule has 1 N–H and O–H groups in total. The predicted molar refractivity (Wildman–Crippen MR) is 132 cm³/mol. The number of pyridine rings is 1. The molecule has 2 aromatic rings. The Hall–Kier alpha value is -2.53. The molecule has 4 rings (SSSR count). The number of hydrogen-bond donors (Lipinski definition) is 1. The lowest BCUT2D eigenvalue weighted by Crippen LogP contribution is -2.48. The summed E-state index contributed by atoms with van der Waals surface area (Å²) >= 11 is 6.53. The van der Waals surface area contributed by atoms with Crippen LogP contribution in [0.3, 0.4) is 0 Å². The Morgan fingerprint density at radius 3 is 2.69 bits per heavy atom. The third-order valence-electron chi connectivity index (χ3n) is 5.53. The van der Waals surface area contributed by atoms with E-state index < -0.39 is 0 Å². The second kappa shape index (κ2) is 9.53. The first-order valence-electron chi connectivity index (χ1n) is 10.4. The Labute approximate surface area is 195 Å². The van der Waals surface area contributed by atoms with Crippen molar-refractivity contribution in [3.63, 3.8) is 0 Å². The van der Waals surface area contributed by atoms with Crippen molar-refractivity contribution in [1.82, 2.24) is 19.2 Å². The second-order valence-electron chi connectivity index (χ2n) is 7.72. The Bertz CT molecular complexity index is 1170. The van der Waals surface area contributed by atoms with Gasteiger partial charge in [-0.25, -0.2) is 4.98 Å². The number of thioether (sulfide) groups is 1. The van der Waals surface area contributed by atoms with Crippen LogP contribution in [-0.4, -0.2) is 80.4 Å². The minimum atomic E-state index is -0.229. The number of aromatic nitrogens is 2. The number of fused-ring (bicyclic) bond motifs is 1. The summed E-state index contributed by atoms with van der Waals surface area (Å²) in [5.74, 6) is 0.337. The molecule has 0 radical (unpaired) electrons. The highest BCUT2D eigenvalue weighted by Crippen LogP contribution is 2.33. The lowest BCUT2D eigenvalue weighted by Gasteiger charge is -2.35. The van der Waals surface area contributed by atoms with Gasteiger partial charge in [-0.2, -0.15) is 0 Å². The number of anilines is 1. The van der Waals surface area contributed by atoms with Crippen molar-refractivity contribution in [2.45, 2.75) is 6.92 Å². The average Bonchev–Trinajstić information content (AvgIpc) is 3.04. The molecular formula is C22H25N5O3S2. The molecule has 0 bridgehead atoms. The molecule has 8 nitrogen and oxygen atoms in total. The first-order valence-corrected chi connectivity index (χ1v) is 11.6. The fourth-order valence-electron chi connectivity index (χ4n) is 3.86. The van der Waals surface area contributed by atoms with Crippen LogP contribution in [-0.2, 0) is 4.79 Å². The SMILES string of the molecule is C=CCN1C(=O)/C(=C\c2c(N3CCN(CCO)CC3)nc3ccc(C)cn3c2=O)SC1=S. The number of thiocarbonyl (C=S) groups is 1. The van der Waals surface area contributed by atoms with Gasteiger partial charge in [0.15, 0.2) is 0 Å². The van der Waals surface area contributed by atoms with Crippen LogP contribution in [0, 0.1) is 6.92 Å². The summed E-state index contributed by atoms with van der Waals surface area (Å²) in [5, 5.41) is 9.21. The molecule has 0 atom stereocenters. The maximum Gasteiger partial charge on any atom is 0.267 e. The highest BCUT2D eigenvalue weighted by atomic mass is 32.2. The van der Waals surface area contributed by atoms with Crippen LogP contribution < -0.4 is 10.5 Å². The molecule has 2 fully saturated rings. The van der Waals surface area contributed by atoms with E-state index in [1.54, 1.807) is 18.3 Å². The van der Waals surface area contributed by atoms with Gasteiger partial charge in [-0.05, 0) is 24.6 Å². The van der Waals surface area contributed by atoms with Crippen LogP contribution in [0.15, 0.2) is 40.7 Å². The van der Waals surface area contributed by atoms with Crippen LogP contribution in [0.25, 0.3) is 11.7 Å². The van der Waals surface area contributed by atoms with Crippen LogP contribution in [0.5, 0.6) is 0 Å². The minimum Gasteiger partial charge on any atom is -0.395 e. The number of aryl methyl sites for hydroxylation is 1. The Morgan fingerprint density at radius 2 is 2.00 bits per heavy atom. The van der Waals surface area contributed by atoms with E-state index in [2.05, 4.69) is 16.4 Å². The van der Waals surface area contributed by atoms with Crippen LogP contribution in [0.1, 0.15) is 11.1 Å². The Balaban J connectivity index is 1.80. The maximum absolute atomic E-state index is 13.5. The number of rotatable bonds is 6. The number of carbonyl (C=O) groups excluding carboxylic acids is 1. The summed E-state index contributed by atoms with van der Waals surface area (Å²) in [4.78, 5) is 37.3. The molecule has 32 heavy (non-hydrogen) atoms. The summed E-state index contributed by atoms with van der Waals surface area (Å²) in [6.07, 6.45) is 5.01. The van der Waals surface area contributed by atoms with Gasteiger partial charge in [-0.15, -0.1) is 6.58 Å². The third kappa shape index (κ3) is 4.36. The van der Waals surface area contributed by atoms with Crippen LogP contribution in [0.4, 0.5) is 5.82 Å². The van der Waals surface area contributed by atoms with Crippen LogP contribution in [0.2, 0.25) is 0 Å². The molecule has 0 spiro atoms. The predicted octanol–water partition coefficient (Wildman–Crippen LogP) is 1.50. The quantitative estimate of drug-likeness (QED) is 0.386. The number of nitrogens with zero attached hydrogens (tertiary/aromatic N) is 5. The van der Waals surface area contributed by atoms with E-state index in [1.165, 1.54) is 21.1 Å². The van der Waals surface area contributed by atoms with E-state index in [9.17, 15) is 14.7 Å². The molecule has 0 aromatic carbocycles. The van der Waals surface area contributed by atoms with E-state index >= 15 is 0 Å². The normalized spacial score (nSPS) is 18.9. The number of aliphatic hydroxyl groups is 1. The average molecular weight is 472 g/mol. The topological polar surface area (TPSA) is 81.4 Å². The van der Waals surface area contributed by atoms with Crippen molar-refractivity contribution in [2.24, 2.45) is 0 Å². The zero-order valence-corrected chi connectivity index (χ0v) is 19.5. The van der Waals surface area contributed by atoms with E-state index in [-0.39, 0.29) is 18.1 Å². The molecule has 0 unspecified atom stereocenters. The molecule has 168 valence electrons. The molecule has 2 aliphatic rings. The number of amides is 1. The first-order chi connectivity index (χ1) is 15.4. The van der Waals surface area contributed by atoms with Gasteiger partial charge >= 0.3 is 0 Å². The van der Waals surface area contributed by atoms with Gasteiger partial charge in [0.2, 0.25) is 0 Å². The molecule has 10 heteroatoms. The summed E-state index contributed by atoms with van der Waals surface area (Å²) in [5.41, 5.74) is 1.66. The summed E-state index contributed by atoms with van der Waals surface area (Å²) in [6.45, 7) is 9.54. The fourth-order valence-corrected chi connectivity index (χ4v) is 5.11. The number of hydrogen-bond acceptors (Lipinski definition) is 8. The zero-order valence-electron chi connectivity index (χ0n) is 17.9. The van der Waals surface area contributed by atoms with Crippen molar-refractivity contribution in [3.05, 3.63) is 57.4 Å². The molecular weight excluding hydrogens is 446 g/mol. The van der Waals surface area contributed by atoms with Gasteiger partial charge in [-0.3, -0.25) is 23.8 Å². The van der Waals surface area contributed by atoms with Gasteiger partial charge < -0.3 is 10.0 Å². The molecule has 0 aliphatic carbocycles. The van der Waals surface area contributed by atoms with Crippen molar-refractivity contribution in [2.75, 3.05) is 50.8 Å². The van der Waals surface area contributed by atoms with Crippen molar-refractivity contribution in [3.8, 4) is 0 Å². The molecule has 0 saturated carbocycles. The van der Waals surface area contributed by atoms with Crippen molar-refractivity contribution in [1.29, 1.82) is 0 Å². The second-order valence-corrected chi connectivity index (χ2v) is 9.40. The van der Waals surface area contributed by atoms with E-state index in [1.807, 2.05) is 19.1 Å². The van der Waals surface area contributed by atoms with E-state index in [0.29, 0.717) is 52.4 Å². The smallest absolute Gasteiger partial charge is 0.267 e. The van der Waals surface area contributed by atoms with Gasteiger partial charge in [0.05, 0.1) is 17.1 Å². The summed E-state index contributed by atoms with van der Waals surface area (Å²) in [7, 11) is 0. The van der Waals surface area contributed by atoms with E-state index in [0.717, 1.165) is 18.7 Å². The fraction of sp³-hybridized carbons (Fsp3) is 0.364. The Morgan fingerprint density at radius 1 is 1.25 bits per heavy atom. The largest absolute Gasteiger partial charge is 0.395 e. The van der Waals surface area contributed by atoms with Gasteiger partial charge in [-0.1, -0.05) is 36.1 Å². The van der Waals surface area contributed by atoms with Crippen molar-refractivity contribution >= 4 is 51.7 Å². The molecule has 2 aliphatic heterocycles. The van der Waals surface area contributed by atoms with Crippen LogP contribution >= 0.6 is 24.0 Å². The zero-order chi connectivity index (χ0) is 22.8. The maximum atomic E-state index is 13.5. The number of piperazine rings is 1. The van der Waals surface area contributed by atoms with Gasteiger partial charge in [0.25, 0.3) is 11.5 Å². The van der Waals surface area contributed by atoms with Gasteiger partial charge in [0.1, 0.15) is 15.8 Å². The van der Waals surface area contributed by atoms with E-state index in [4.69, 9.17) is 17.2 Å². The molecule has 1 amide bonds. The minimum absolute atomic E-state index is 0.118. The highest BCUT2D eigenvalue weighted by molar-refractivity contribution is 8.26. The van der Waals surface area contributed by atoms with Gasteiger partial charge in [0, 0.05) is 45.5 Å². The molecule has 4 heterocycles. The molecule has 2 saturated heterocycles. The number of β-amino-alcohol motifs (C(OH)–C–C–N with tert-alkyl or cyclic N) is 1. The number of carbonyl (C=O) groups is 1. The monoisotopic (exact) mass is 471 g/mol. The molecule has 2 aromatic heterocycles. The standard InChI is InChI=1S/C22H25N5O3S2/c1-3-6-26-21(30)17(32-22(26)31)13-16-19(25-9-7-24(8-10-25)11-12-28)23-18-5-4-15(2)14-27(18)20(16)29/h3-5,13-14,28H,1,6-12H2,2H3/b17-13+. The first kappa shape index (κ1) is 22.7. The highest BCUT2D eigenvalue weighted by Gasteiger charge is 2.32. The summed E-state index contributed by atoms with van der Waals surface area (Å²) in [6, 6.07) is 3.75.